The summed E-state index contributed by atoms with van der Waals surface area (Å²) in [7, 11) is 0. The Bertz CT molecular complexity index is 894. The van der Waals surface area contributed by atoms with E-state index in [1.54, 1.807) is 12.3 Å². The Hall–Kier alpha value is -1.64. The number of fused-ring (bicyclic) bond motifs is 1. The van der Waals surface area contributed by atoms with Gasteiger partial charge < -0.3 is 14.5 Å². The number of rotatable bonds is 4. The lowest BCUT2D eigenvalue weighted by Crippen LogP contribution is -2.14. The normalized spacial score (nSPS) is 15.8. The molecule has 0 amide bonds. The second-order valence-electron chi connectivity index (χ2n) is 5.83. The van der Waals surface area contributed by atoms with E-state index < -0.39 is 0 Å². The highest BCUT2D eigenvalue weighted by Crippen LogP contribution is 2.39. The molecule has 6 nitrogen and oxygen atoms in total. The molecule has 1 aliphatic heterocycles. The summed E-state index contributed by atoms with van der Waals surface area (Å²) in [6.07, 6.45) is 3.11. The molecule has 0 atom stereocenters. The zero-order valence-electron chi connectivity index (χ0n) is 13.1. The lowest BCUT2D eigenvalue weighted by atomic mass is 9.93. The van der Waals surface area contributed by atoms with E-state index >= 15 is 4.39 Å². The van der Waals surface area contributed by atoms with Crippen molar-refractivity contribution in [1.29, 1.82) is 0 Å². The predicted octanol–water partition coefficient (Wildman–Crippen LogP) is 4.38. The van der Waals surface area contributed by atoms with E-state index in [1.807, 2.05) is 6.07 Å². The Morgan fingerprint density at radius 3 is 2.92 bits per heavy atom. The molecule has 25 heavy (non-hydrogen) atoms. The Balaban J connectivity index is 1.77. The highest BCUT2D eigenvalue weighted by Gasteiger charge is 2.29. The molecule has 1 aliphatic rings. The Morgan fingerprint density at radius 2 is 2.20 bits per heavy atom. The van der Waals surface area contributed by atoms with Gasteiger partial charge in [-0.05, 0) is 58.4 Å². The van der Waals surface area contributed by atoms with Crippen LogP contribution in [0.1, 0.15) is 30.1 Å². The molecule has 0 aliphatic carbocycles. The third-order valence-corrected chi connectivity index (χ3v) is 5.24. The largest absolute Gasteiger partial charge is 0.467 e. The van der Waals surface area contributed by atoms with Crippen LogP contribution >= 0.6 is 27.5 Å². The maximum Gasteiger partial charge on any atom is 0.243 e. The fourth-order valence-corrected chi connectivity index (χ4v) is 4.03. The average molecular weight is 430 g/mol. The van der Waals surface area contributed by atoms with Crippen LogP contribution in [0.2, 0.25) is 5.28 Å². The molecule has 0 radical (unpaired) electrons. The van der Waals surface area contributed by atoms with Crippen molar-refractivity contribution in [3.8, 4) is 0 Å². The van der Waals surface area contributed by atoms with Gasteiger partial charge in [0.25, 0.3) is 0 Å². The number of hydrogen-bond donors (Lipinski definition) is 1. The molecule has 132 valence electrons. The second-order valence-corrected chi connectivity index (χ2v) is 6.92. The monoisotopic (exact) mass is 428 g/mol. The van der Waals surface area contributed by atoms with Crippen molar-refractivity contribution in [2.24, 2.45) is 0 Å². The summed E-state index contributed by atoms with van der Waals surface area (Å²) in [6, 6.07) is 3.61. The lowest BCUT2D eigenvalue weighted by molar-refractivity contribution is 0.0845. The van der Waals surface area contributed by atoms with Crippen LogP contribution in [-0.4, -0.2) is 27.8 Å². The maximum atomic E-state index is 15.3. The van der Waals surface area contributed by atoms with Crippen molar-refractivity contribution >= 4 is 38.9 Å². The molecule has 3 aromatic rings. The number of aromatic nitrogens is 3. The number of ether oxygens (including phenoxy) is 1. The minimum absolute atomic E-state index is 0.0312. The fraction of sp³-hybridized carbons (Fsp3) is 0.375. The number of furan rings is 1. The summed E-state index contributed by atoms with van der Waals surface area (Å²) in [6.45, 7) is 1.61. The van der Waals surface area contributed by atoms with Crippen LogP contribution in [0.4, 0.5) is 10.2 Å². The third kappa shape index (κ3) is 3.14. The van der Waals surface area contributed by atoms with Crippen molar-refractivity contribution in [2.75, 3.05) is 18.5 Å². The van der Waals surface area contributed by atoms with Gasteiger partial charge in [-0.25, -0.2) is 8.91 Å². The molecule has 9 heteroatoms. The van der Waals surface area contributed by atoms with E-state index in [9.17, 15) is 0 Å². The molecule has 3 aromatic heterocycles. The van der Waals surface area contributed by atoms with Gasteiger partial charge in [-0.1, -0.05) is 0 Å². The molecular weight excluding hydrogens is 415 g/mol. The first-order chi connectivity index (χ1) is 12.1. The number of anilines is 1. The number of halogens is 3. The van der Waals surface area contributed by atoms with Crippen LogP contribution in [-0.2, 0) is 11.3 Å². The van der Waals surface area contributed by atoms with Gasteiger partial charge in [-0.2, -0.15) is 4.98 Å². The van der Waals surface area contributed by atoms with E-state index in [-0.39, 0.29) is 22.5 Å². The van der Waals surface area contributed by atoms with Gasteiger partial charge in [0, 0.05) is 18.8 Å². The first kappa shape index (κ1) is 16.8. The Kier molecular flexibility index (Phi) is 4.66. The second kappa shape index (κ2) is 6.93. The highest BCUT2D eigenvalue weighted by atomic mass is 79.9. The topological polar surface area (TPSA) is 64.6 Å². The van der Waals surface area contributed by atoms with Crippen molar-refractivity contribution in [1.82, 2.24) is 14.6 Å². The van der Waals surface area contributed by atoms with E-state index in [2.05, 4.69) is 31.3 Å². The smallest absolute Gasteiger partial charge is 0.243 e. The van der Waals surface area contributed by atoms with Crippen LogP contribution < -0.4 is 5.32 Å². The lowest BCUT2D eigenvalue weighted by Gasteiger charge is -2.21. The van der Waals surface area contributed by atoms with Gasteiger partial charge in [0.05, 0.1) is 12.8 Å². The van der Waals surface area contributed by atoms with Crippen molar-refractivity contribution in [2.45, 2.75) is 25.3 Å². The van der Waals surface area contributed by atoms with E-state index in [1.165, 1.54) is 4.52 Å². The molecule has 4 rings (SSSR count). The maximum absolute atomic E-state index is 15.3. The summed E-state index contributed by atoms with van der Waals surface area (Å²) in [5, 5.41) is 7.26. The van der Waals surface area contributed by atoms with Gasteiger partial charge in [0.1, 0.15) is 15.9 Å². The van der Waals surface area contributed by atoms with E-state index in [0.717, 1.165) is 12.8 Å². The molecule has 4 heterocycles. The van der Waals surface area contributed by atoms with E-state index in [4.69, 9.17) is 20.8 Å². The molecule has 0 unspecified atom stereocenters. The summed E-state index contributed by atoms with van der Waals surface area (Å²) in [5.41, 5.74) is 0.866. The van der Waals surface area contributed by atoms with Crippen LogP contribution in [0.5, 0.6) is 0 Å². The highest BCUT2D eigenvalue weighted by molar-refractivity contribution is 9.10. The Morgan fingerprint density at radius 1 is 1.40 bits per heavy atom. The third-order valence-electron chi connectivity index (χ3n) is 4.31. The van der Waals surface area contributed by atoms with Gasteiger partial charge in [0.2, 0.25) is 5.28 Å². The molecule has 1 N–H and O–H groups in total. The van der Waals surface area contributed by atoms with Crippen LogP contribution in [0.3, 0.4) is 0 Å². The average Bonchev–Trinajstić information content (AvgIpc) is 3.21. The fourth-order valence-electron chi connectivity index (χ4n) is 3.11. The minimum Gasteiger partial charge on any atom is -0.467 e. The van der Waals surface area contributed by atoms with Crippen molar-refractivity contribution in [3.63, 3.8) is 0 Å². The number of hydrogen-bond acceptors (Lipinski definition) is 5. The van der Waals surface area contributed by atoms with Gasteiger partial charge in [-0.3, -0.25) is 0 Å². The summed E-state index contributed by atoms with van der Waals surface area (Å²) in [4.78, 5) is 4.16. The predicted molar refractivity (Wildman–Crippen MR) is 94.5 cm³/mol. The standard InChI is InChI=1S/C16H15BrClFN4O2/c17-14-11(9-3-6-24-7-4-9)12(19)13-15(21-16(18)22-23(13)14)20-8-10-2-1-5-25-10/h1-2,5,9H,3-4,6-8H2,(H,20,21,22). The van der Waals surface area contributed by atoms with E-state index in [0.29, 0.717) is 41.5 Å². The quantitative estimate of drug-likeness (QED) is 0.667. The molecule has 1 fully saturated rings. The minimum atomic E-state index is -0.336. The molecule has 0 aromatic carbocycles. The zero-order chi connectivity index (χ0) is 17.4. The summed E-state index contributed by atoms with van der Waals surface area (Å²) in [5.74, 6) is 0.774. The van der Waals surface area contributed by atoms with Gasteiger partial charge >= 0.3 is 0 Å². The number of nitrogens with zero attached hydrogens (tertiary/aromatic N) is 3. The number of nitrogens with one attached hydrogen (secondary N) is 1. The molecule has 1 saturated heterocycles. The van der Waals surface area contributed by atoms with Crippen LogP contribution in [0.15, 0.2) is 27.4 Å². The first-order valence-corrected chi connectivity index (χ1v) is 9.09. The molecular formula is C16H15BrClFN4O2. The first-order valence-electron chi connectivity index (χ1n) is 7.92. The summed E-state index contributed by atoms with van der Waals surface area (Å²) < 4.78 is 28.0. The van der Waals surface area contributed by atoms with Gasteiger partial charge in [-0.15, -0.1) is 5.10 Å². The SMILES string of the molecule is Fc1c(C2CCOCC2)c(Br)n2nc(Cl)nc(NCc3ccco3)c12. The molecule has 0 spiro atoms. The molecule has 0 saturated carbocycles. The van der Waals surface area contributed by atoms with Crippen LogP contribution in [0.25, 0.3) is 5.52 Å². The van der Waals surface area contributed by atoms with Gasteiger partial charge in [0.15, 0.2) is 11.6 Å². The Labute approximate surface area is 156 Å². The molecule has 0 bridgehead atoms. The summed E-state index contributed by atoms with van der Waals surface area (Å²) >= 11 is 9.52. The van der Waals surface area contributed by atoms with Crippen molar-refractivity contribution < 1.29 is 13.5 Å². The van der Waals surface area contributed by atoms with Crippen molar-refractivity contribution in [3.05, 3.63) is 45.4 Å². The zero-order valence-corrected chi connectivity index (χ0v) is 15.5. The van der Waals surface area contributed by atoms with Crippen LogP contribution in [0, 0.1) is 5.82 Å².